The van der Waals surface area contributed by atoms with Gasteiger partial charge in [-0.25, -0.2) is 9.59 Å². The molecule has 7 heteroatoms. The minimum Gasteiger partial charge on any atom is -0.496 e. The lowest BCUT2D eigenvalue weighted by molar-refractivity contribution is 0.0573. The third kappa shape index (κ3) is 5.87. The first-order chi connectivity index (χ1) is 18.5. The van der Waals surface area contributed by atoms with Gasteiger partial charge in [0.1, 0.15) is 11.4 Å². The van der Waals surface area contributed by atoms with Crippen LogP contribution in [0.15, 0.2) is 66.9 Å². The molecular formula is C32H34N2O5. The monoisotopic (exact) mass is 526 g/mol. The molecule has 39 heavy (non-hydrogen) atoms. The lowest BCUT2D eigenvalue weighted by Crippen LogP contribution is -2.37. The Balaban J connectivity index is 1.94. The van der Waals surface area contributed by atoms with Crippen molar-refractivity contribution in [2.45, 2.75) is 46.8 Å². The maximum atomic E-state index is 13.7. The number of nitrogens with zero attached hydrogens (tertiary/aromatic N) is 2. The summed E-state index contributed by atoms with van der Waals surface area (Å²) in [6, 6.07) is 19.0. The summed E-state index contributed by atoms with van der Waals surface area (Å²) >= 11 is 0. The molecule has 0 aliphatic rings. The molecule has 0 saturated heterocycles. The average molecular weight is 527 g/mol. The molecule has 0 N–H and O–H groups in total. The van der Waals surface area contributed by atoms with Crippen LogP contribution in [0.4, 0.5) is 10.5 Å². The first kappa shape index (κ1) is 27.6. The molecule has 0 unspecified atom stereocenters. The van der Waals surface area contributed by atoms with Crippen molar-refractivity contribution in [3.63, 3.8) is 0 Å². The minimum absolute atomic E-state index is 0.161. The highest BCUT2D eigenvalue weighted by molar-refractivity contribution is 6.06. The molecule has 0 bridgehead atoms. The molecule has 202 valence electrons. The topological polar surface area (TPSA) is 78.0 Å². The highest BCUT2D eigenvalue weighted by Gasteiger charge is 2.27. The number of rotatable bonds is 6. The van der Waals surface area contributed by atoms with Gasteiger partial charge in [0.25, 0.3) is 0 Å². The van der Waals surface area contributed by atoms with Crippen molar-refractivity contribution in [2.75, 3.05) is 19.1 Å². The van der Waals surface area contributed by atoms with Crippen molar-refractivity contribution in [3.8, 4) is 16.9 Å². The highest BCUT2D eigenvalue weighted by atomic mass is 16.6. The molecule has 1 amide bonds. The van der Waals surface area contributed by atoms with Crippen LogP contribution in [0.1, 0.15) is 48.0 Å². The average Bonchev–Trinajstić information content (AvgIpc) is 2.91. The Kier molecular flexibility index (Phi) is 7.90. The molecule has 0 aliphatic carbocycles. The summed E-state index contributed by atoms with van der Waals surface area (Å²) in [6.07, 6.45) is 1.23. The summed E-state index contributed by atoms with van der Waals surface area (Å²) in [5.41, 5.74) is 4.29. The molecule has 4 aromatic rings. The van der Waals surface area contributed by atoms with Crippen LogP contribution < -0.4 is 9.64 Å². The van der Waals surface area contributed by atoms with E-state index in [1.54, 1.807) is 30.3 Å². The summed E-state index contributed by atoms with van der Waals surface area (Å²) in [4.78, 5) is 32.5. The molecule has 1 heterocycles. The summed E-state index contributed by atoms with van der Waals surface area (Å²) in [7, 11) is 2.99. The van der Waals surface area contributed by atoms with Crippen LogP contribution in [0.25, 0.3) is 21.9 Å². The molecule has 0 radical (unpaired) electrons. The van der Waals surface area contributed by atoms with E-state index in [9.17, 15) is 9.59 Å². The van der Waals surface area contributed by atoms with E-state index in [0.717, 1.165) is 33.2 Å². The third-order valence-corrected chi connectivity index (χ3v) is 6.45. The second-order valence-electron chi connectivity index (χ2n) is 10.4. The standard InChI is InChI=1S/C32H34N2O5/c1-20-18-33-28(21(2)29(20)37-6)19-34(31(36)39-32(3,4)5)23-16-22-12-8-9-13-24(22)27(17-23)25-14-10-11-15-26(25)30(35)38-7/h8-18H,19H2,1-7H3. The van der Waals surface area contributed by atoms with Crippen LogP contribution in [-0.4, -0.2) is 36.9 Å². The number of benzene rings is 3. The lowest BCUT2D eigenvalue weighted by atomic mass is 9.93. The number of carbonyl (C=O) groups is 2. The van der Waals surface area contributed by atoms with Crippen LogP contribution in [0.5, 0.6) is 5.75 Å². The Morgan fingerprint density at radius 3 is 2.31 bits per heavy atom. The molecule has 4 rings (SSSR count). The smallest absolute Gasteiger partial charge is 0.415 e. The van der Waals surface area contributed by atoms with Gasteiger partial charge in [0.2, 0.25) is 0 Å². The zero-order valence-electron chi connectivity index (χ0n) is 23.5. The predicted molar refractivity (Wildman–Crippen MR) is 153 cm³/mol. The number of ether oxygens (including phenoxy) is 3. The zero-order chi connectivity index (χ0) is 28.3. The maximum absolute atomic E-state index is 13.7. The van der Waals surface area contributed by atoms with E-state index in [1.807, 2.05) is 83.1 Å². The van der Waals surface area contributed by atoms with Crippen molar-refractivity contribution >= 4 is 28.5 Å². The van der Waals surface area contributed by atoms with Gasteiger partial charge in [0, 0.05) is 23.0 Å². The number of amides is 1. The van der Waals surface area contributed by atoms with E-state index in [0.29, 0.717) is 22.5 Å². The van der Waals surface area contributed by atoms with Crippen molar-refractivity contribution < 1.29 is 23.8 Å². The van der Waals surface area contributed by atoms with Crippen LogP contribution in [-0.2, 0) is 16.0 Å². The van der Waals surface area contributed by atoms with Gasteiger partial charge in [-0.15, -0.1) is 0 Å². The number of hydrogen-bond donors (Lipinski definition) is 0. The molecule has 7 nitrogen and oxygen atoms in total. The fourth-order valence-corrected chi connectivity index (χ4v) is 4.64. The van der Waals surface area contributed by atoms with E-state index in [2.05, 4.69) is 4.98 Å². The number of methoxy groups -OCH3 is 2. The van der Waals surface area contributed by atoms with Crippen LogP contribution in [0.2, 0.25) is 0 Å². The predicted octanol–water partition coefficient (Wildman–Crippen LogP) is 7.26. The van der Waals surface area contributed by atoms with Gasteiger partial charge in [0.15, 0.2) is 0 Å². The SMILES string of the molecule is COC(=O)c1ccccc1-c1cc(N(Cc2ncc(C)c(OC)c2C)C(=O)OC(C)(C)C)cc2ccccc12. The van der Waals surface area contributed by atoms with Gasteiger partial charge in [-0.3, -0.25) is 9.88 Å². The van der Waals surface area contributed by atoms with Crippen molar-refractivity contribution in [1.82, 2.24) is 4.98 Å². The van der Waals surface area contributed by atoms with Crippen LogP contribution >= 0.6 is 0 Å². The first-order valence-corrected chi connectivity index (χ1v) is 12.7. The summed E-state index contributed by atoms with van der Waals surface area (Å²) < 4.78 is 16.5. The molecule has 3 aromatic carbocycles. The van der Waals surface area contributed by atoms with E-state index in [-0.39, 0.29) is 6.54 Å². The number of hydrogen-bond acceptors (Lipinski definition) is 6. The lowest BCUT2D eigenvalue weighted by Gasteiger charge is -2.29. The van der Waals surface area contributed by atoms with Gasteiger partial charge >= 0.3 is 12.1 Å². The number of aromatic nitrogens is 1. The molecular weight excluding hydrogens is 492 g/mol. The highest BCUT2D eigenvalue weighted by Crippen LogP contribution is 2.37. The first-order valence-electron chi connectivity index (χ1n) is 12.7. The minimum atomic E-state index is -0.708. The summed E-state index contributed by atoms with van der Waals surface area (Å²) in [5.74, 6) is 0.297. The molecule has 1 aromatic heterocycles. The van der Waals surface area contributed by atoms with E-state index < -0.39 is 17.7 Å². The fraction of sp³-hybridized carbons (Fsp3) is 0.281. The normalized spacial score (nSPS) is 11.3. The maximum Gasteiger partial charge on any atom is 0.415 e. The fourth-order valence-electron chi connectivity index (χ4n) is 4.64. The zero-order valence-corrected chi connectivity index (χ0v) is 23.5. The van der Waals surface area contributed by atoms with Gasteiger partial charge in [-0.2, -0.15) is 0 Å². The van der Waals surface area contributed by atoms with Gasteiger partial charge in [-0.1, -0.05) is 42.5 Å². The van der Waals surface area contributed by atoms with Gasteiger partial charge in [-0.05, 0) is 74.7 Å². The number of pyridine rings is 1. The van der Waals surface area contributed by atoms with E-state index in [4.69, 9.17) is 14.2 Å². The number of aryl methyl sites for hydroxylation is 1. The summed E-state index contributed by atoms with van der Waals surface area (Å²) in [6.45, 7) is 9.52. The quantitative estimate of drug-likeness (QED) is 0.246. The number of carbonyl (C=O) groups excluding carboxylic acids is 2. The van der Waals surface area contributed by atoms with Crippen LogP contribution in [0, 0.1) is 13.8 Å². The Morgan fingerprint density at radius 2 is 1.62 bits per heavy atom. The van der Waals surface area contributed by atoms with Crippen molar-refractivity contribution in [1.29, 1.82) is 0 Å². The second-order valence-corrected chi connectivity index (χ2v) is 10.4. The number of esters is 1. The Labute approximate surface area is 229 Å². The second kappa shape index (κ2) is 11.2. The molecule has 0 fully saturated rings. The van der Waals surface area contributed by atoms with Crippen molar-refractivity contribution in [2.24, 2.45) is 0 Å². The van der Waals surface area contributed by atoms with Crippen LogP contribution in [0.3, 0.4) is 0 Å². The van der Waals surface area contributed by atoms with E-state index in [1.165, 1.54) is 7.11 Å². The largest absolute Gasteiger partial charge is 0.496 e. The number of fused-ring (bicyclic) bond motifs is 1. The Morgan fingerprint density at radius 1 is 0.923 bits per heavy atom. The third-order valence-electron chi connectivity index (χ3n) is 6.45. The summed E-state index contributed by atoms with van der Waals surface area (Å²) in [5, 5.41) is 1.84. The molecule has 0 saturated carbocycles. The molecule has 0 spiro atoms. The van der Waals surface area contributed by atoms with E-state index >= 15 is 0 Å². The van der Waals surface area contributed by atoms with Crippen molar-refractivity contribution in [3.05, 3.63) is 89.2 Å². The molecule has 0 atom stereocenters. The molecule has 0 aliphatic heterocycles. The number of anilines is 1. The van der Waals surface area contributed by atoms with Gasteiger partial charge in [0.05, 0.1) is 32.0 Å². The Hall–Kier alpha value is -4.39. The Bertz CT molecular complexity index is 1540. The van der Waals surface area contributed by atoms with Gasteiger partial charge < -0.3 is 14.2 Å².